The second-order valence-electron chi connectivity index (χ2n) is 5.19. The standard InChI is InChI=1S/C15H18N4O.ClH/c1-11(12-9-16-10-12)15(20)18-13-3-5-14(6-4-13)19-8-2-7-17-19;/h2-8,11-12,16H,9-10H2,1H3,(H,18,20);1H. The largest absolute Gasteiger partial charge is 0.326 e. The number of carbonyl (C=O) groups excluding carboxylic acids is 1. The van der Waals surface area contributed by atoms with Gasteiger partial charge in [0.25, 0.3) is 0 Å². The molecule has 6 heteroatoms. The first kappa shape index (κ1) is 15.5. The molecule has 0 aliphatic carbocycles. The SMILES string of the molecule is CC(C(=O)Nc1ccc(-n2cccn2)cc1)C1CNC1.Cl. The van der Waals surface area contributed by atoms with Gasteiger partial charge in [-0.2, -0.15) is 5.10 Å². The average Bonchev–Trinajstić information content (AvgIpc) is 2.91. The Hall–Kier alpha value is -1.85. The third kappa shape index (κ3) is 3.43. The van der Waals surface area contributed by atoms with Crippen molar-refractivity contribution in [3.8, 4) is 5.69 Å². The van der Waals surface area contributed by atoms with E-state index in [0.29, 0.717) is 5.92 Å². The van der Waals surface area contributed by atoms with Crippen LogP contribution in [-0.2, 0) is 4.79 Å². The Bertz CT molecular complexity index is 578. The molecule has 0 bridgehead atoms. The molecule has 1 aromatic heterocycles. The van der Waals surface area contributed by atoms with E-state index in [0.717, 1.165) is 24.5 Å². The first-order chi connectivity index (χ1) is 9.74. The van der Waals surface area contributed by atoms with Crippen molar-refractivity contribution in [3.63, 3.8) is 0 Å². The first-order valence-electron chi connectivity index (χ1n) is 6.86. The van der Waals surface area contributed by atoms with Crippen molar-refractivity contribution in [1.29, 1.82) is 0 Å². The highest BCUT2D eigenvalue weighted by Crippen LogP contribution is 2.19. The van der Waals surface area contributed by atoms with Crippen molar-refractivity contribution in [2.45, 2.75) is 6.92 Å². The number of hydrogen-bond donors (Lipinski definition) is 2. The zero-order valence-electron chi connectivity index (χ0n) is 11.8. The lowest BCUT2D eigenvalue weighted by Crippen LogP contribution is -2.48. The van der Waals surface area contributed by atoms with Crippen molar-refractivity contribution in [2.24, 2.45) is 11.8 Å². The first-order valence-corrected chi connectivity index (χ1v) is 6.86. The van der Waals surface area contributed by atoms with Gasteiger partial charge in [0, 0.05) is 24.0 Å². The quantitative estimate of drug-likeness (QED) is 0.909. The topological polar surface area (TPSA) is 59.0 Å². The van der Waals surface area contributed by atoms with Gasteiger partial charge in [0.1, 0.15) is 0 Å². The molecule has 1 aromatic carbocycles. The molecule has 0 radical (unpaired) electrons. The molecule has 1 amide bonds. The maximum Gasteiger partial charge on any atom is 0.227 e. The maximum absolute atomic E-state index is 12.1. The monoisotopic (exact) mass is 306 g/mol. The summed E-state index contributed by atoms with van der Waals surface area (Å²) in [5, 5.41) is 10.3. The second kappa shape index (κ2) is 6.74. The highest BCUT2D eigenvalue weighted by Gasteiger charge is 2.28. The summed E-state index contributed by atoms with van der Waals surface area (Å²) in [4.78, 5) is 12.1. The van der Waals surface area contributed by atoms with Crippen LogP contribution >= 0.6 is 12.4 Å². The minimum atomic E-state index is 0. The van der Waals surface area contributed by atoms with Gasteiger partial charge in [-0.3, -0.25) is 4.79 Å². The molecule has 0 saturated carbocycles. The molecule has 1 atom stereocenters. The van der Waals surface area contributed by atoms with Gasteiger partial charge in [0.2, 0.25) is 5.91 Å². The van der Waals surface area contributed by atoms with Crippen molar-refractivity contribution in [3.05, 3.63) is 42.7 Å². The van der Waals surface area contributed by atoms with Gasteiger partial charge in [-0.1, -0.05) is 6.92 Å². The van der Waals surface area contributed by atoms with Gasteiger partial charge in [-0.05, 0) is 49.3 Å². The molecule has 2 heterocycles. The number of amides is 1. The summed E-state index contributed by atoms with van der Waals surface area (Å²) in [6.07, 6.45) is 3.63. The molecule has 1 aliphatic rings. The number of anilines is 1. The van der Waals surface area contributed by atoms with Crippen LogP contribution in [0.15, 0.2) is 42.7 Å². The number of carbonyl (C=O) groups is 1. The number of aromatic nitrogens is 2. The highest BCUT2D eigenvalue weighted by molar-refractivity contribution is 5.92. The molecule has 0 spiro atoms. The Morgan fingerprint density at radius 3 is 2.62 bits per heavy atom. The Balaban J connectivity index is 0.00000161. The van der Waals surface area contributed by atoms with Crippen LogP contribution in [0.4, 0.5) is 5.69 Å². The van der Waals surface area contributed by atoms with Gasteiger partial charge in [-0.25, -0.2) is 4.68 Å². The maximum atomic E-state index is 12.1. The van der Waals surface area contributed by atoms with E-state index < -0.39 is 0 Å². The van der Waals surface area contributed by atoms with E-state index in [1.807, 2.05) is 43.5 Å². The molecular formula is C15H19ClN4O. The minimum Gasteiger partial charge on any atom is -0.326 e. The minimum absolute atomic E-state index is 0. The Morgan fingerprint density at radius 1 is 1.38 bits per heavy atom. The van der Waals surface area contributed by atoms with Crippen LogP contribution in [0.2, 0.25) is 0 Å². The van der Waals surface area contributed by atoms with Crippen LogP contribution in [0.3, 0.4) is 0 Å². The average molecular weight is 307 g/mol. The summed E-state index contributed by atoms with van der Waals surface area (Å²) in [5.74, 6) is 0.587. The number of benzene rings is 1. The van der Waals surface area contributed by atoms with E-state index in [9.17, 15) is 4.79 Å². The number of hydrogen-bond acceptors (Lipinski definition) is 3. The number of rotatable bonds is 4. The predicted octanol–water partition coefficient (Wildman–Crippen LogP) is 2.09. The summed E-state index contributed by atoms with van der Waals surface area (Å²) in [6, 6.07) is 9.57. The number of halogens is 1. The van der Waals surface area contributed by atoms with Crippen molar-refractivity contribution >= 4 is 24.0 Å². The van der Waals surface area contributed by atoms with Gasteiger partial charge < -0.3 is 10.6 Å². The highest BCUT2D eigenvalue weighted by atomic mass is 35.5. The van der Waals surface area contributed by atoms with Crippen LogP contribution in [-0.4, -0.2) is 28.8 Å². The van der Waals surface area contributed by atoms with Gasteiger partial charge >= 0.3 is 0 Å². The predicted molar refractivity (Wildman–Crippen MR) is 85.0 cm³/mol. The molecule has 112 valence electrons. The molecule has 1 unspecified atom stereocenters. The van der Waals surface area contributed by atoms with Gasteiger partial charge in [0.15, 0.2) is 0 Å². The normalized spacial score (nSPS) is 15.7. The van der Waals surface area contributed by atoms with Crippen molar-refractivity contribution in [2.75, 3.05) is 18.4 Å². The Kier molecular flexibility index (Phi) is 4.98. The summed E-state index contributed by atoms with van der Waals surface area (Å²) >= 11 is 0. The Morgan fingerprint density at radius 2 is 2.10 bits per heavy atom. The summed E-state index contributed by atoms with van der Waals surface area (Å²) in [7, 11) is 0. The molecule has 1 aliphatic heterocycles. The lowest BCUT2D eigenvalue weighted by molar-refractivity contribution is -0.121. The fourth-order valence-electron chi connectivity index (χ4n) is 2.25. The smallest absolute Gasteiger partial charge is 0.227 e. The van der Waals surface area contributed by atoms with Crippen LogP contribution in [0.5, 0.6) is 0 Å². The molecule has 2 aromatic rings. The van der Waals surface area contributed by atoms with E-state index in [-0.39, 0.29) is 24.2 Å². The zero-order valence-corrected chi connectivity index (χ0v) is 12.6. The number of nitrogens with zero attached hydrogens (tertiary/aromatic N) is 2. The summed E-state index contributed by atoms with van der Waals surface area (Å²) in [5.41, 5.74) is 1.80. The van der Waals surface area contributed by atoms with Gasteiger partial charge in [-0.15, -0.1) is 12.4 Å². The Labute approximate surface area is 130 Å². The molecule has 5 nitrogen and oxygen atoms in total. The molecular weight excluding hydrogens is 288 g/mol. The van der Waals surface area contributed by atoms with Crippen LogP contribution in [0.1, 0.15) is 6.92 Å². The van der Waals surface area contributed by atoms with E-state index in [4.69, 9.17) is 0 Å². The lowest BCUT2D eigenvalue weighted by atomic mass is 9.88. The van der Waals surface area contributed by atoms with E-state index in [1.165, 1.54) is 0 Å². The fraction of sp³-hybridized carbons (Fsp3) is 0.333. The van der Waals surface area contributed by atoms with Crippen LogP contribution in [0, 0.1) is 11.8 Å². The van der Waals surface area contributed by atoms with E-state index in [1.54, 1.807) is 10.9 Å². The lowest BCUT2D eigenvalue weighted by Gasteiger charge is -2.31. The van der Waals surface area contributed by atoms with Crippen molar-refractivity contribution < 1.29 is 4.79 Å². The zero-order chi connectivity index (χ0) is 13.9. The van der Waals surface area contributed by atoms with Gasteiger partial charge in [0.05, 0.1) is 5.69 Å². The summed E-state index contributed by atoms with van der Waals surface area (Å²) in [6.45, 7) is 3.86. The fourth-order valence-corrected chi connectivity index (χ4v) is 2.25. The second-order valence-corrected chi connectivity index (χ2v) is 5.19. The molecule has 3 rings (SSSR count). The molecule has 21 heavy (non-hydrogen) atoms. The van der Waals surface area contributed by atoms with E-state index in [2.05, 4.69) is 15.7 Å². The third-order valence-corrected chi connectivity index (χ3v) is 3.84. The van der Waals surface area contributed by atoms with Crippen molar-refractivity contribution in [1.82, 2.24) is 15.1 Å². The number of nitrogens with one attached hydrogen (secondary N) is 2. The van der Waals surface area contributed by atoms with Crippen LogP contribution < -0.4 is 10.6 Å². The molecule has 2 N–H and O–H groups in total. The van der Waals surface area contributed by atoms with Crippen LogP contribution in [0.25, 0.3) is 5.69 Å². The third-order valence-electron chi connectivity index (χ3n) is 3.84. The molecule has 1 fully saturated rings. The molecule has 1 saturated heterocycles. The van der Waals surface area contributed by atoms with E-state index >= 15 is 0 Å². The summed E-state index contributed by atoms with van der Waals surface area (Å²) < 4.78 is 1.79.